The Bertz CT molecular complexity index is 654. The van der Waals surface area contributed by atoms with Crippen LogP contribution in [-0.2, 0) is 9.59 Å². The molecule has 5 nitrogen and oxygen atoms in total. The van der Waals surface area contributed by atoms with E-state index >= 15 is 0 Å². The van der Waals surface area contributed by atoms with Gasteiger partial charge in [-0.1, -0.05) is 30.3 Å². The molecule has 4 unspecified atom stereocenters. The normalized spacial score (nSPS) is 29.3. The van der Waals surface area contributed by atoms with Gasteiger partial charge in [-0.15, -0.1) is 12.4 Å². The minimum Gasteiger partial charge on any atom is -0.340 e. The second kappa shape index (κ2) is 7.97. The number of fused-ring (bicyclic) bond motifs is 1. The van der Waals surface area contributed by atoms with Crippen molar-refractivity contribution in [3.05, 3.63) is 35.9 Å². The Labute approximate surface area is 161 Å². The number of nitrogens with zero attached hydrogens (tertiary/aromatic N) is 2. The highest BCUT2D eigenvalue weighted by molar-refractivity contribution is 5.89. The van der Waals surface area contributed by atoms with Gasteiger partial charge < -0.3 is 15.5 Å². The summed E-state index contributed by atoms with van der Waals surface area (Å²) >= 11 is 0. The zero-order chi connectivity index (χ0) is 17.4. The molecule has 3 fully saturated rings. The van der Waals surface area contributed by atoms with Crippen molar-refractivity contribution < 1.29 is 9.59 Å². The number of nitrogens with two attached hydrogens (primary N) is 1. The molecule has 0 aromatic heterocycles. The first-order valence-corrected chi connectivity index (χ1v) is 9.54. The Kier molecular flexibility index (Phi) is 5.88. The number of hydrogen-bond acceptors (Lipinski definition) is 3. The SMILES string of the molecule is Cl.NC1CCC2CN(C(=O)C(c3ccccc3)N3CCCCC3=O)CC12. The first-order valence-electron chi connectivity index (χ1n) is 9.54. The van der Waals surface area contributed by atoms with Crippen LogP contribution in [0.2, 0.25) is 0 Å². The summed E-state index contributed by atoms with van der Waals surface area (Å²) in [5.74, 6) is 1.14. The lowest BCUT2D eigenvalue weighted by Crippen LogP contribution is -2.47. The number of piperidine rings is 1. The number of carbonyl (C=O) groups is 2. The molecule has 3 aliphatic rings. The van der Waals surface area contributed by atoms with Crippen molar-refractivity contribution in [3.63, 3.8) is 0 Å². The summed E-state index contributed by atoms with van der Waals surface area (Å²) in [7, 11) is 0. The minimum atomic E-state index is -0.482. The van der Waals surface area contributed by atoms with Gasteiger partial charge in [0.2, 0.25) is 11.8 Å². The van der Waals surface area contributed by atoms with E-state index in [9.17, 15) is 9.59 Å². The molecule has 2 heterocycles. The van der Waals surface area contributed by atoms with Crippen molar-refractivity contribution >= 4 is 24.2 Å². The van der Waals surface area contributed by atoms with Crippen molar-refractivity contribution in [1.82, 2.24) is 9.80 Å². The molecule has 4 rings (SSSR count). The van der Waals surface area contributed by atoms with E-state index < -0.39 is 6.04 Å². The highest BCUT2D eigenvalue weighted by Gasteiger charge is 2.45. The van der Waals surface area contributed by atoms with Crippen LogP contribution in [0.5, 0.6) is 0 Å². The molecular formula is C20H28ClN3O2. The third-order valence-electron chi connectivity index (χ3n) is 6.24. The second-order valence-electron chi connectivity index (χ2n) is 7.77. The molecule has 1 aromatic carbocycles. The number of hydrogen-bond donors (Lipinski definition) is 1. The predicted molar refractivity (Wildman–Crippen MR) is 103 cm³/mol. The first-order chi connectivity index (χ1) is 12.1. The fourth-order valence-electron chi connectivity index (χ4n) is 4.85. The molecule has 6 heteroatoms. The van der Waals surface area contributed by atoms with E-state index in [0.29, 0.717) is 24.8 Å². The van der Waals surface area contributed by atoms with Gasteiger partial charge in [0.1, 0.15) is 6.04 Å². The molecule has 0 radical (unpaired) electrons. The van der Waals surface area contributed by atoms with E-state index in [1.54, 1.807) is 4.90 Å². The lowest BCUT2D eigenvalue weighted by atomic mass is 9.98. The first kappa shape index (κ1) is 19.2. The number of halogens is 1. The molecular weight excluding hydrogens is 350 g/mol. The van der Waals surface area contributed by atoms with E-state index in [1.165, 1.54) is 0 Å². The molecule has 2 amide bonds. The van der Waals surface area contributed by atoms with Gasteiger partial charge >= 0.3 is 0 Å². The molecule has 0 spiro atoms. The van der Waals surface area contributed by atoms with Gasteiger partial charge in [-0.2, -0.15) is 0 Å². The summed E-state index contributed by atoms with van der Waals surface area (Å²) in [6.45, 7) is 2.21. The van der Waals surface area contributed by atoms with Crippen molar-refractivity contribution in [2.24, 2.45) is 17.6 Å². The van der Waals surface area contributed by atoms with E-state index in [1.807, 2.05) is 35.2 Å². The lowest BCUT2D eigenvalue weighted by Gasteiger charge is -2.36. The molecule has 1 aliphatic carbocycles. The fourth-order valence-corrected chi connectivity index (χ4v) is 4.85. The van der Waals surface area contributed by atoms with E-state index in [-0.39, 0.29) is 30.3 Å². The van der Waals surface area contributed by atoms with Gasteiger partial charge in [-0.25, -0.2) is 0 Å². The van der Waals surface area contributed by atoms with Crippen LogP contribution in [-0.4, -0.2) is 47.3 Å². The maximum Gasteiger partial charge on any atom is 0.250 e. The van der Waals surface area contributed by atoms with Gasteiger partial charge in [0.05, 0.1) is 0 Å². The van der Waals surface area contributed by atoms with Gasteiger partial charge in [-0.3, -0.25) is 9.59 Å². The van der Waals surface area contributed by atoms with Crippen molar-refractivity contribution in [2.45, 2.75) is 44.2 Å². The molecule has 26 heavy (non-hydrogen) atoms. The smallest absolute Gasteiger partial charge is 0.250 e. The Morgan fingerprint density at radius 3 is 2.58 bits per heavy atom. The third-order valence-corrected chi connectivity index (χ3v) is 6.24. The zero-order valence-corrected chi connectivity index (χ0v) is 15.9. The van der Waals surface area contributed by atoms with Gasteiger partial charge in [0.15, 0.2) is 0 Å². The minimum absolute atomic E-state index is 0. The molecule has 0 bridgehead atoms. The second-order valence-corrected chi connectivity index (χ2v) is 7.77. The van der Waals surface area contributed by atoms with Crippen LogP contribution in [0.4, 0.5) is 0 Å². The fraction of sp³-hybridized carbons (Fsp3) is 0.600. The molecule has 142 valence electrons. The largest absolute Gasteiger partial charge is 0.340 e. The third kappa shape index (κ3) is 3.47. The van der Waals surface area contributed by atoms with Crippen molar-refractivity contribution in [3.8, 4) is 0 Å². The van der Waals surface area contributed by atoms with Crippen LogP contribution >= 0.6 is 12.4 Å². The monoisotopic (exact) mass is 377 g/mol. The molecule has 2 saturated heterocycles. The predicted octanol–water partition coefficient (Wildman–Crippen LogP) is 2.36. The van der Waals surface area contributed by atoms with E-state index in [0.717, 1.165) is 44.3 Å². The summed E-state index contributed by atoms with van der Waals surface area (Å²) in [6.07, 6.45) is 4.64. The maximum absolute atomic E-state index is 13.4. The van der Waals surface area contributed by atoms with Crippen LogP contribution < -0.4 is 5.73 Å². The summed E-state index contributed by atoms with van der Waals surface area (Å²) in [5, 5.41) is 0. The molecule has 4 atom stereocenters. The Morgan fingerprint density at radius 1 is 1.12 bits per heavy atom. The van der Waals surface area contributed by atoms with Crippen LogP contribution in [0.15, 0.2) is 30.3 Å². The summed E-state index contributed by atoms with van der Waals surface area (Å²) in [6, 6.07) is 9.50. The van der Waals surface area contributed by atoms with Gasteiger partial charge in [0.25, 0.3) is 0 Å². The number of benzene rings is 1. The van der Waals surface area contributed by atoms with Crippen LogP contribution in [0.25, 0.3) is 0 Å². The molecule has 1 aromatic rings. The van der Waals surface area contributed by atoms with Gasteiger partial charge in [0, 0.05) is 32.1 Å². The summed E-state index contributed by atoms with van der Waals surface area (Å²) in [5.41, 5.74) is 7.15. The number of amides is 2. The average Bonchev–Trinajstić information content (AvgIpc) is 3.20. The topological polar surface area (TPSA) is 66.6 Å². The average molecular weight is 378 g/mol. The van der Waals surface area contributed by atoms with Crippen molar-refractivity contribution in [2.75, 3.05) is 19.6 Å². The van der Waals surface area contributed by atoms with E-state index in [4.69, 9.17) is 5.73 Å². The Hall–Kier alpha value is -1.59. The summed E-state index contributed by atoms with van der Waals surface area (Å²) in [4.78, 5) is 29.7. The molecule has 1 saturated carbocycles. The van der Waals surface area contributed by atoms with Crippen molar-refractivity contribution in [1.29, 1.82) is 0 Å². The number of likely N-dealkylation sites (tertiary alicyclic amines) is 2. The maximum atomic E-state index is 13.4. The zero-order valence-electron chi connectivity index (χ0n) is 15.0. The lowest BCUT2D eigenvalue weighted by molar-refractivity contribution is -0.147. The highest BCUT2D eigenvalue weighted by atomic mass is 35.5. The number of carbonyl (C=O) groups excluding carboxylic acids is 2. The molecule has 2 aliphatic heterocycles. The number of rotatable bonds is 3. The van der Waals surface area contributed by atoms with Crippen LogP contribution in [0, 0.1) is 11.8 Å². The Morgan fingerprint density at radius 2 is 1.88 bits per heavy atom. The van der Waals surface area contributed by atoms with Crippen LogP contribution in [0.1, 0.15) is 43.7 Å². The standard InChI is InChI=1S/C20H27N3O2.ClH/c21-17-10-9-15-12-22(13-16(15)17)20(25)19(14-6-2-1-3-7-14)23-11-5-4-8-18(23)24;/h1-3,6-7,15-17,19H,4-5,8-13,21H2;1H. The quantitative estimate of drug-likeness (QED) is 0.879. The van der Waals surface area contributed by atoms with E-state index in [2.05, 4.69) is 0 Å². The highest BCUT2D eigenvalue weighted by Crippen LogP contribution is 2.39. The molecule has 2 N–H and O–H groups in total. The van der Waals surface area contributed by atoms with Crippen LogP contribution in [0.3, 0.4) is 0 Å². The van der Waals surface area contributed by atoms with Gasteiger partial charge in [-0.05, 0) is 43.1 Å². The summed E-state index contributed by atoms with van der Waals surface area (Å²) < 4.78 is 0. The Balaban J connectivity index is 0.00000196.